The van der Waals surface area contributed by atoms with E-state index in [1.807, 2.05) is 0 Å². The maximum Gasteiger partial charge on any atom is 0.340 e. The number of anilines is 1. The molecule has 3 aromatic rings. The summed E-state index contributed by atoms with van der Waals surface area (Å²) in [6.45, 7) is 0. The Bertz CT molecular complexity index is 959. The largest absolute Gasteiger partial charge is 0.465 e. The number of aromatic nitrogens is 4. The Balaban J connectivity index is 1.86. The highest BCUT2D eigenvalue weighted by Crippen LogP contribution is 2.22. The van der Waals surface area contributed by atoms with Gasteiger partial charge in [0.1, 0.15) is 0 Å². The number of hydrogen-bond acceptors (Lipinski definition) is 6. The van der Waals surface area contributed by atoms with Gasteiger partial charge in [0.05, 0.1) is 30.3 Å². The van der Waals surface area contributed by atoms with Gasteiger partial charge in [-0.25, -0.2) is 13.6 Å². The quantitative estimate of drug-likeness (QED) is 0.691. The molecule has 0 radical (unpaired) electrons. The summed E-state index contributed by atoms with van der Waals surface area (Å²) < 4.78 is 31.3. The van der Waals surface area contributed by atoms with Crippen molar-refractivity contribution in [1.82, 2.24) is 20.4 Å². The summed E-state index contributed by atoms with van der Waals surface area (Å²) in [5.74, 6) is -4.16. The van der Waals surface area contributed by atoms with Crippen molar-refractivity contribution in [3.05, 3.63) is 59.6 Å². The second kappa shape index (κ2) is 7.05. The van der Waals surface area contributed by atoms with Gasteiger partial charge in [-0.2, -0.15) is 5.10 Å². The number of carbonyl (C=O) groups excluding carboxylic acids is 2. The lowest BCUT2D eigenvalue weighted by molar-refractivity contribution is 0.0601. The normalized spacial score (nSPS) is 10.4. The number of amides is 1. The zero-order chi connectivity index (χ0) is 18.7. The molecule has 0 atom stereocenters. The van der Waals surface area contributed by atoms with E-state index in [0.717, 1.165) is 7.11 Å². The molecule has 0 fully saturated rings. The molecule has 10 heteroatoms. The molecule has 1 aromatic carbocycles. The van der Waals surface area contributed by atoms with Crippen LogP contribution < -0.4 is 5.32 Å². The third-order valence-electron chi connectivity index (χ3n) is 3.41. The maximum absolute atomic E-state index is 13.5. The molecule has 2 aromatic heterocycles. The first-order valence-corrected chi connectivity index (χ1v) is 7.21. The van der Waals surface area contributed by atoms with Crippen LogP contribution in [-0.4, -0.2) is 39.4 Å². The number of hydrogen-bond donors (Lipinski definition) is 2. The number of nitrogens with one attached hydrogen (secondary N) is 2. The van der Waals surface area contributed by atoms with Gasteiger partial charge < -0.3 is 10.1 Å². The van der Waals surface area contributed by atoms with E-state index in [1.54, 1.807) is 12.3 Å². The van der Waals surface area contributed by atoms with Crippen LogP contribution in [0.25, 0.3) is 11.3 Å². The van der Waals surface area contributed by atoms with Gasteiger partial charge in [0, 0.05) is 17.8 Å². The van der Waals surface area contributed by atoms with Crippen molar-refractivity contribution in [1.29, 1.82) is 0 Å². The van der Waals surface area contributed by atoms with E-state index in [0.29, 0.717) is 23.4 Å². The molecule has 0 aliphatic rings. The van der Waals surface area contributed by atoms with Gasteiger partial charge >= 0.3 is 5.97 Å². The number of methoxy groups -OCH3 is 1. The maximum atomic E-state index is 13.5. The molecule has 2 heterocycles. The lowest BCUT2D eigenvalue weighted by atomic mass is 10.1. The van der Waals surface area contributed by atoms with Crippen LogP contribution in [-0.2, 0) is 4.74 Å². The first-order chi connectivity index (χ1) is 12.5. The molecule has 0 saturated carbocycles. The summed E-state index contributed by atoms with van der Waals surface area (Å²) in [5.41, 5.74) is 0.499. The second-order valence-corrected chi connectivity index (χ2v) is 5.05. The molecule has 0 unspecified atom stereocenters. The molecule has 3 rings (SSSR count). The highest BCUT2D eigenvalue weighted by molar-refractivity contribution is 6.07. The van der Waals surface area contributed by atoms with E-state index in [9.17, 15) is 18.4 Å². The van der Waals surface area contributed by atoms with Crippen LogP contribution >= 0.6 is 0 Å². The van der Waals surface area contributed by atoms with Crippen LogP contribution in [0.15, 0.2) is 36.7 Å². The van der Waals surface area contributed by atoms with Gasteiger partial charge in [0.2, 0.25) is 0 Å². The fraction of sp³-hybridized carbons (Fsp3) is 0.0625. The zero-order valence-corrected chi connectivity index (χ0v) is 13.3. The van der Waals surface area contributed by atoms with Crippen molar-refractivity contribution in [2.75, 3.05) is 12.4 Å². The van der Waals surface area contributed by atoms with Crippen LogP contribution in [0.5, 0.6) is 0 Å². The topological polar surface area (TPSA) is 110 Å². The van der Waals surface area contributed by atoms with E-state index >= 15 is 0 Å². The van der Waals surface area contributed by atoms with Crippen LogP contribution in [0.1, 0.15) is 20.8 Å². The van der Waals surface area contributed by atoms with Gasteiger partial charge in [-0.1, -0.05) is 0 Å². The molecule has 0 saturated heterocycles. The van der Waals surface area contributed by atoms with Crippen LogP contribution in [0, 0.1) is 11.6 Å². The van der Waals surface area contributed by atoms with Crippen molar-refractivity contribution in [3.63, 3.8) is 0 Å². The van der Waals surface area contributed by atoms with Gasteiger partial charge in [-0.15, -0.1) is 10.2 Å². The average Bonchev–Trinajstić information content (AvgIpc) is 3.18. The van der Waals surface area contributed by atoms with Crippen LogP contribution in [0.4, 0.5) is 14.5 Å². The third kappa shape index (κ3) is 3.38. The summed E-state index contributed by atoms with van der Waals surface area (Å²) >= 11 is 0. The van der Waals surface area contributed by atoms with E-state index in [1.165, 1.54) is 12.3 Å². The molecule has 0 aliphatic carbocycles. The molecule has 1 amide bonds. The number of rotatable bonds is 4. The molecular weight excluding hydrogens is 348 g/mol. The van der Waals surface area contributed by atoms with E-state index in [2.05, 4.69) is 30.4 Å². The SMILES string of the molecule is COC(=O)c1cc(F)c(F)cc1NC(=O)c1ccc(-c2cn[nH]c2)nn1. The Morgan fingerprint density at radius 3 is 2.54 bits per heavy atom. The summed E-state index contributed by atoms with van der Waals surface area (Å²) in [5, 5.41) is 16.4. The molecule has 0 aliphatic heterocycles. The van der Waals surface area contributed by atoms with E-state index in [-0.39, 0.29) is 16.9 Å². The summed E-state index contributed by atoms with van der Waals surface area (Å²) in [6.07, 6.45) is 3.14. The highest BCUT2D eigenvalue weighted by atomic mass is 19.2. The van der Waals surface area contributed by atoms with Crippen molar-refractivity contribution in [2.45, 2.75) is 0 Å². The fourth-order valence-electron chi connectivity index (χ4n) is 2.11. The van der Waals surface area contributed by atoms with E-state index in [4.69, 9.17) is 0 Å². The molecule has 0 bridgehead atoms. The number of nitrogens with zero attached hydrogens (tertiary/aromatic N) is 3. The molecule has 0 spiro atoms. The standard InChI is InChI=1S/C16H11F2N5O3/c1-26-16(25)9-4-10(17)11(18)5-14(9)21-15(24)13-3-2-12(22-23-13)8-6-19-20-7-8/h2-7H,1H3,(H,19,20)(H,21,24). The minimum Gasteiger partial charge on any atom is -0.465 e. The molecular formula is C16H11F2N5O3. The number of H-pyrrole nitrogens is 1. The molecule has 2 N–H and O–H groups in total. The van der Waals surface area contributed by atoms with Crippen molar-refractivity contribution < 1.29 is 23.1 Å². The van der Waals surface area contributed by atoms with Gasteiger partial charge in [-0.3, -0.25) is 9.89 Å². The molecule has 132 valence electrons. The lowest BCUT2D eigenvalue weighted by Gasteiger charge is -2.10. The van der Waals surface area contributed by atoms with Crippen molar-refractivity contribution in [2.24, 2.45) is 0 Å². The average molecular weight is 359 g/mol. The predicted molar refractivity (Wildman–Crippen MR) is 85.3 cm³/mol. The summed E-state index contributed by atoms with van der Waals surface area (Å²) in [6, 6.07) is 4.26. The number of esters is 1. The fourth-order valence-corrected chi connectivity index (χ4v) is 2.11. The van der Waals surface area contributed by atoms with Crippen molar-refractivity contribution >= 4 is 17.6 Å². The number of ether oxygens (including phenoxy) is 1. The molecule has 26 heavy (non-hydrogen) atoms. The Morgan fingerprint density at radius 2 is 1.92 bits per heavy atom. The van der Waals surface area contributed by atoms with Gasteiger partial charge in [0.15, 0.2) is 17.3 Å². The lowest BCUT2D eigenvalue weighted by Crippen LogP contribution is -2.17. The Kier molecular flexibility index (Phi) is 4.65. The monoisotopic (exact) mass is 359 g/mol. The van der Waals surface area contributed by atoms with Gasteiger partial charge in [0.25, 0.3) is 5.91 Å². The Hall–Kier alpha value is -3.69. The van der Waals surface area contributed by atoms with E-state index < -0.39 is 23.5 Å². The number of aromatic amines is 1. The smallest absolute Gasteiger partial charge is 0.340 e. The Morgan fingerprint density at radius 1 is 1.15 bits per heavy atom. The Labute approximate surface area is 145 Å². The second-order valence-electron chi connectivity index (χ2n) is 5.05. The first kappa shape index (κ1) is 17.1. The number of halogens is 2. The molecule has 8 nitrogen and oxygen atoms in total. The third-order valence-corrected chi connectivity index (χ3v) is 3.41. The predicted octanol–water partition coefficient (Wildman–Crippen LogP) is 2.18. The highest BCUT2D eigenvalue weighted by Gasteiger charge is 2.19. The minimum atomic E-state index is -1.24. The summed E-state index contributed by atoms with van der Waals surface area (Å²) in [7, 11) is 1.08. The van der Waals surface area contributed by atoms with Crippen LogP contribution in [0.2, 0.25) is 0 Å². The minimum absolute atomic E-state index is 0.0854. The van der Waals surface area contributed by atoms with Gasteiger partial charge in [-0.05, 0) is 18.2 Å². The van der Waals surface area contributed by atoms with Crippen LogP contribution in [0.3, 0.4) is 0 Å². The first-order valence-electron chi connectivity index (χ1n) is 7.21. The zero-order valence-electron chi connectivity index (χ0n) is 13.3. The number of benzene rings is 1. The van der Waals surface area contributed by atoms with Crippen molar-refractivity contribution in [3.8, 4) is 11.3 Å². The number of carbonyl (C=O) groups is 2. The summed E-state index contributed by atoms with van der Waals surface area (Å²) in [4.78, 5) is 24.0.